The van der Waals surface area contributed by atoms with E-state index in [1.54, 1.807) is 13.1 Å². The van der Waals surface area contributed by atoms with Gasteiger partial charge in [-0.15, -0.1) is 0 Å². The first-order valence-corrected chi connectivity index (χ1v) is 9.03. The second-order valence-corrected chi connectivity index (χ2v) is 6.47. The van der Waals surface area contributed by atoms with Crippen molar-refractivity contribution < 1.29 is 9.59 Å². The van der Waals surface area contributed by atoms with Crippen molar-refractivity contribution in [2.45, 2.75) is 19.8 Å². The first kappa shape index (κ1) is 20.3. The van der Waals surface area contributed by atoms with Gasteiger partial charge in [-0.2, -0.15) is 0 Å². The lowest BCUT2D eigenvalue weighted by Gasteiger charge is -2.09. The Hall–Kier alpha value is -2.99. The van der Waals surface area contributed by atoms with Crippen LogP contribution >= 0.6 is 12.2 Å². The highest BCUT2D eigenvalue weighted by Gasteiger charge is 2.03. The Labute approximate surface area is 164 Å². The van der Waals surface area contributed by atoms with Gasteiger partial charge in [-0.25, -0.2) is 0 Å². The fourth-order valence-corrected chi connectivity index (χ4v) is 2.52. The molecule has 0 atom stereocenters. The van der Waals surface area contributed by atoms with E-state index in [4.69, 9.17) is 12.2 Å². The smallest absolute Gasteiger partial charge is 0.250 e. The van der Waals surface area contributed by atoms with E-state index in [1.807, 2.05) is 55.5 Å². The van der Waals surface area contributed by atoms with Crippen molar-refractivity contribution in [3.8, 4) is 0 Å². The van der Waals surface area contributed by atoms with Crippen LogP contribution in [-0.2, 0) is 16.0 Å². The molecule has 0 bridgehead atoms. The van der Waals surface area contributed by atoms with Gasteiger partial charge in [-0.05, 0) is 54.9 Å². The lowest BCUT2D eigenvalue weighted by Crippen LogP contribution is -2.32. The van der Waals surface area contributed by atoms with Crippen molar-refractivity contribution in [2.75, 3.05) is 12.4 Å². The minimum atomic E-state index is -0.296. The molecule has 0 radical (unpaired) electrons. The van der Waals surface area contributed by atoms with E-state index in [1.165, 1.54) is 11.6 Å². The van der Waals surface area contributed by atoms with E-state index in [9.17, 15) is 9.59 Å². The van der Waals surface area contributed by atoms with Gasteiger partial charge in [0.1, 0.15) is 0 Å². The van der Waals surface area contributed by atoms with Gasteiger partial charge in [0.2, 0.25) is 11.8 Å². The molecule has 0 heterocycles. The number of thiocarbonyl (C=S) groups is 1. The predicted molar refractivity (Wildman–Crippen MR) is 113 cm³/mol. The second kappa shape index (κ2) is 10.2. The summed E-state index contributed by atoms with van der Waals surface area (Å²) in [6.45, 7) is 2.01. The molecule has 140 valence electrons. The van der Waals surface area contributed by atoms with E-state index in [0.29, 0.717) is 12.8 Å². The summed E-state index contributed by atoms with van der Waals surface area (Å²) in [6, 6.07) is 15.4. The average Bonchev–Trinajstić information content (AvgIpc) is 2.66. The zero-order valence-corrected chi connectivity index (χ0v) is 16.2. The van der Waals surface area contributed by atoms with Gasteiger partial charge >= 0.3 is 0 Å². The Kier molecular flexibility index (Phi) is 7.70. The lowest BCUT2D eigenvalue weighted by molar-refractivity contribution is -0.120. The molecule has 3 N–H and O–H groups in total. The maximum absolute atomic E-state index is 12.0. The maximum atomic E-state index is 12.0. The molecule has 0 aromatic heterocycles. The van der Waals surface area contributed by atoms with Crippen LogP contribution < -0.4 is 16.0 Å². The average molecular weight is 382 g/mol. The van der Waals surface area contributed by atoms with E-state index in [2.05, 4.69) is 16.0 Å². The SMILES string of the molecule is CNC(=O)CCc1ccc(NC(=S)NC(=O)/C=C/c2ccc(C)cc2)cc1. The molecule has 0 fully saturated rings. The molecule has 0 aliphatic carbocycles. The lowest BCUT2D eigenvalue weighted by atomic mass is 10.1. The zero-order valence-electron chi connectivity index (χ0n) is 15.4. The number of carbonyl (C=O) groups is 2. The van der Waals surface area contributed by atoms with Crippen LogP contribution in [0.3, 0.4) is 0 Å². The third-order valence-electron chi connectivity index (χ3n) is 3.87. The third-order valence-corrected chi connectivity index (χ3v) is 4.08. The normalized spacial score (nSPS) is 10.4. The molecule has 0 unspecified atom stereocenters. The van der Waals surface area contributed by atoms with Gasteiger partial charge in [0.05, 0.1) is 0 Å². The van der Waals surface area contributed by atoms with Crippen LogP contribution in [-0.4, -0.2) is 24.0 Å². The molecule has 2 aromatic carbocycles. The summed E-state index contributed by atoms with van der Waals surface area (Å²) in [5.41, 5.74) is 3.94. The molecule has 2 rings (SSSR count). The second-order valence-electron chi connectivity index (χ2n) is 6.06. The zero-order chi connectivity index (χ0) is 19.6. The Bertz CT molecular complexity index is 828. The first-order chi connectivity index (χ1) is 13.0. The monoisotopic (exact) mass is 381 g/mol. The minimum Gasteiger partial charge on any atom is -0.359 e. The Balaban J connectivity index is 1.81. The van der Waals surface area contributed by atoms with Crippen LogP contribution in [0.4, 0.5) is 5.69 Å². The van der Waals surface area contributed by atoms with Crippen molar-refractivity contribution in [1.82, 2.24) is 10.6 Å². The van der Waals surface area contributed by atoms with Crippen LogP contribution in [0, 0.1) is 6.92 Å². The third kappa shape index (κ3) is 7.42. The van der Waals surface area contributed by atoms with Gasteiger partial charge in [0.15, 0.2) is 5.11 Å². The van der Waals surface area contributed by atoms with Crippen LogP contribution in [0.2, 0.25) is 0 Å². The summed E-state index contributed by atoms with van der Waals surface area (Å²) in [5, 5.41) is 8.41. The summed E-state index contributed by atoms with van der Waals surface area (Å²) in [5.74, 6) is -0.282. The minimum absolute atomic E-state index is 0.0137. The number of carbonyl (C=O) groups excluding carboxylic acids is 2. The largest absolute Gasteiger partial charge is 0.359 e. The highest BCUT2D eigenvalue weighted by molar-refractivity contribution is 7.80. The van der Waals surface area contributed by atoms with Crippen molar-refractivity contribution in [2.24, 2.45) is 0 Å². The van der Waals surface area contributed by atoms with Crippen LogP contribution in [0.5, 0.6) is 0 Å². The highest BCUT2D eigenvalue weighted by atomic mass is 32.1. The molecule has 6 heteroatoms. The Morgan fingerprint density at radius 2 is 1.70 bits per heavy atom. The van der Waals surface area contributed by atoms with Gasteiger partial charge in [-0.1, -0.05) is 42.0 Å². The van der Waals surface area contributed by atoms with Gasteiger partial charge in [-0.3, -0.25) is 14.9 Å². The molecule has 0 aliphatic heterocycles. The predicted octanol–water partition coefficient (Wildman–Crippen LogP) is 3.20. The Morgan fingerprint density at radius 3 is 2.33 bits per heavy atom. The summed E-state index contributed by atoms with van der Waals surface area (Å²) in [6.07, 6.45) is 4.30. The standard InChI is InChI=1S/C21H23N3O2S/c1-15-3-5-16(6-4-15)10-14-20(26)24-21(27)23-18-11-7-17(8-12-18)9-13-19(25)22-2/h3-8,10-12,14H,9,13H2,1-2H3,(H,22,25)(H2,23,24,26,27)/b14-10+. The first-order valence-electron chi connectivity index (χ1n) is 8.62. The molecular weight excluding hydrogens is 358 g/mol. The topological polar surface area (TPSA) is 70.2 Å². The number of amides is 2. The number of rotatable bonds is 6. The molecular formula is C21H23N3O2S. The number of hydrogen-bond donors (Lipinski definition) is 3. The summed E-state index contributed by atoms with van der Waals surface area (Å²) in [4.78, 5) is 23.2. The molecule has 0 aliphatic rings. The molecule has 2 amide bonds. The Morgan fingerprint density at radius 1 is 1.04 bits per heavy atom. The van der Waals surface area contributed by atoms with E-state index < -0.39 is 0 Å². The van der Waals surface area contributed by atoms with Gasteiger partial charge in [0.25, 0.3) is 0 Å². The number of aryl methyl sites for hydroxylation is 2. The van der Waals surface area contributed by atoms with Crippen molar-refractivity contribution in [1.29, 1.82) is 0 Å². The van der Waals surface area contributed by atoms with Crippen LogP contribution in [0.25, 0.3) is 6.08 Å². The van der Waals surface area contributed by atoms with Crippen LogP contribution in [0.1, 0.15) is 23.1 Å². The van der Waals surface area contributed by atoms with E-state index in [-0.39, 0.29) is 16.9 Å². The summed E-state index contributed by atoms with van der Waals surface area (Å²) >= 11 is 5.16. The number of anilines is 1. The molecule has 27 heavy (non-hydrogen) atoms. The molecule has 0 saturated carbocycles. The molecule has 5 nitrogen and oxygen atoms in total. The highest BCUT2D eigenvalue weighted by Crippen LogP contribution is 2.11. The van der Waals surface area contributed by atoms with Crippen molar-refractivity contribution >= 4 is 40.9 Å². The maximum Gasteiger partial charge on any atom is 0.250 e. The van der Waals surface area contributed by atoms with Gasteiger partial charge < -0.3 is 10.6 Å². The number of hydrogen-bond acceptors (Lipinski definition) is 3. The number of nitrogens with one attached hydrogen (secondary N) is 3. The van der Waals surface area contributed by atoms with Crippen LogP contribution in [0.15, 0.2) is 54.6 Å². The summed E-state index contributed by atoms with van der Waals surface area (Å²) < 4.78 is 0. The van der Waals surface area contributed by atoms with E-state index >= 15 is 0 Å². The van der Waals surface area contributed by atoms with Gasteiger partial charge in [0, 0.05) is 25.2 Å². The fourth-order valence-electron chi connectivity index (χ4n) is 2.30. The molecule has 0 saturated heterocycles. The fraction of sp³-hybridized carbons (Fsp3) is 0.190. The number of benzene rings is 2. The van der Waals surface area contributed by atoms with E-state index in [0.717, 1.165) is 16.8 Å². The molecule has 2 aromatic rings. The van der Waals surface area contributed by atoms with Crippen molar-refractivity contribution in [3.63, 3.8) is 0 Å². The molecule has 0 spiro atoms. The summed E-state index contributed by atoms with van der Waals surface area (Å²) in [7, 11) is 1.63. The van der Waals surface area contributed by atoms with Crippen molar-refractivity contribution in [3.05, 3.63) is 71.3 Å². The quantitative estimate of drug-likeness (QED) is 0.531.